The molecule has 108 valence electrons. The van der Waals surface area contributed by atoms with Gasteiger partial charge in [0.05, 0.1) is 17.3 Å². The molecule has 1 saturated heterocycles. The summed E-state index contributed by atoms with van der Waals surface area (Å²) < 4.78 is 17.9. The van der Waals surface area contributed by atoms with Gasteiger partial charge in [0, 0.05) is 0 Å². The summed E-state index contributed by atoms with van der Waals surface area (Å²) in [5, 5.41) is 0. The highest BCUT2D eigenvalue weighted by Crippen LogP contribution is 2.37. The Morgan fingerprint density at radius 2 is 1.80 bits per heavy atom. The monoisotopic (exact) mass is 276 g/mol. The second-order valence-electron chi connectivity index (χ2n) is 6.52. The van der Waals surface area contributed by atoms with E-state index in [0.29, 0.717) is 23.3 Å². The first kappa shape index (κ1) is 13.7. The van der Waals surface area contributed by atoms with Crippen LogP contribution in [-0.4, -0.2) is 29.4 Å². The van der Waals surface area contributed by atoms with Crippen molar-refractivity contribution in [2.24, 2.45) is 0 Å². The minimum Gasteiger partial charge on any atom is -0.489 e. The Kier molecular flexibility index (Phi) is 2.99. The van der Waals surface area contributed by atoms with Gasteiger partial charge in [-0.15, -0.1) is 0 Å². The van der Waals surface area contributed by atoms with Crippen LogP contribution in [-0.2, 0) is 9.31 Å². The van der Waals surface area contributed by atoms with Crippen molar-refractivity contribution in [2.75, 3.05) is 5.73 Å². The van der Waals surface area contributed by atoms with Gasteiger partial charge in [0.2, 0.25) is 0 Å². The van der Waals surface area contributed by atoms with Crippen LogP contribution >= 0.6 is 0 Å². The topological polar surface area (TPSA) is 66.6 Å². The van der Waals surface area contributed by atoms with Crippen molar-refractivity contribution in [3.8, 4) is 5.75 Å². The highest BCUT2D eigenvalue weighted by molar-refractivity contribution is 6.62. The van der Waals surface area contributed by atoms with E-state index in [9.17, 15) is 0 Å². The molecule has 20 heavy (non-hydrogen) atoms. The standard InChI is InChI=1S/C14H21BN2O3/c1-13(2)14(3,4)20-15(19-13)12-10(18-9-5-6-9)7-8-11(16)17-12/h7-9H,5-6H2,1-4H3,(H2,16,17). The molecule has 0 amide bonds. The molecule has 3 rings (SSSR count). The molecule has 0 bridgehead atoms. The fraction of sp³-hybridized carbons (Fsp3) is 0.643. The summed E-state index contributed by atoms with van der Waals surface area (Å²) in [6.45, 7) is 8.06. The Labute approximate surface area is 119 Å². The Balaban J connectivity index is 1.91. The number of pyridine rings is 1. The molecular formula is C14H21BN2O3. The van der Waals surface area contributed by atoms with Crippen LogP contribution < -0.4 is 16.1 Å². The average molecular weight is 276 g/mol. The summed E-state index contributed by atoms with van der Waals surface area (Å²) in [6.07, 6.45) is 2.47. The second kappa shape index (κ2) is 4.36. The molecule has 0 unspecified atom stereocenters. The van der Waals surface area contributed by atoms with Crippen LogP contribution in [0.15, 0.2) is 12.1 Å². The first-order chi connectivity index (χ1) is 9.28. The Morgan fingerprint density at radius 1 is 1.20 bits per heavy atom. The lowest BCUT2D eigenvalue weighted by molar-refractivity contribution is 0.00578. The molecule has 1 aromatic rings. The van der Waals surface area contributed by atoms with Crippen molar-refractivity contribution < 1.29 is 14.0 Å². The van der Waals surface area contributed by atoms with Gasteiger partial charge in [-0.25, -0.2) is 4.98 Å². The molecule has 6 heteroatoms. The third kappa shape index (κ3) is 2.38. The molecule has 0 aromatic carbocycles. The summed E-state index contributed by atoms with van der Waals surface area (Å²) >= 11 is 0. The summed E-state index contributed by atoms with van der Waals surface area (Å²) in [5.41, 5.74) is 5.63. The van der Waals surface area contributed by atoms with Gasteiger partial charge >= 0.3 is 7.12 Å². The minimum atomic E-state index is -0.544. The van der Waals surface area contributed by atoms with E-state index in [1.165, 1.54) is 0 Å². The van der Waals surface area contributed by atoms with Gasteiger partial charge in [0.1, 0.15) is 17.2 Å². The maximum Gasteiger partial charge on any atom is 0.518 e. The lowest BCUT2D eigenvalue weighted by atomic mass is 9.83. The number of hydrogen-bond acceptors (Lipinski definition) is 5. The molecule has 1 saturated carbocycles. The first-order valence-corrected chi connectivity index (χ1v) is 7.07. The van der Waals surface area contributed by atoms with Gasteiger partial charge in [0.25, 0.3) is 0 Å². The number of aromatic nitrogens is 1. The molecule has 2 N–H and O–H groups in total. The minimum absolute atomic E-state index is 0.293. The molecule has 0 atom stereocenters. The molecule has 2 fully saturated rings. The number of hydrogen-bond donors (Lipinski definition) is 1. The first-order valence-electron chi connectivity index (χ1n) is 7.07. The van der Waals surface area contributed by atoms with E-state index in [0.717, 1.165) is 12.8 Å². The van der Waals surface area contributed by atoms with Gasteiger partial charge in [-0.2, -0.15) is 0 Å². The van der Waals surface area contributed by atoms with Gasteiger partial charge in [0.15, 0.2) is 0 Å². The highest BCUT2D eigenvalue weighted by Gasteiger charge is 2.53. The van der Waals surface area contributed by atoms with Crippen molar-refractivity contribution in [2.45, 2.75) is 57.8 Å². The maximum atomic E-state index is 6.03. The van der Waals surface area contributed by atoms with Gasteiger partial charge in [-0.05, 0) is 52.7 Å². The zero-order valence-electron chi connectivity index (χ0n) is 12.5. The average Bonchev–Trinajstić information content (AvgIpc) is 3.10. The van der Waals surface area contributed by atoms with E-state index in [1.807, 2.05) is 33.8 Å². The number of ether oxygens (including phenoxy) is 1. The second-order valence-corrected chi connectivity index (χ2v) is 6.52. The SMILES string of the molecule is CC1(C)OB(c2nc(N)ccc2OC2CC2)OC1(C)C. The zero-order chi connectivity index (χ0) is 14.5. The normalized spacial score (nSPS) is 23.9. The van der Waals surface area contributed by atoms with Crippen molar-refractivity contribution in [3.63, 3.8) is 0 Å². The third-order valence-electron chi connectivity index (χ3n) is 4.20. The van der Waals surface area contributed by atoms with Gasteiger partial charge in [-0.3, -0.25) is 0 Å². The molecule has 1 aliphatic heterocycles. The highest BCUT2D eigenvalue weighted by atomic mass is 16.7. The summed E-state index contributed by atoms with van der Waals surface area (Å²) in [6, 6.07) is 3.59. The number of nitrogens with zero attached hydrogens (tertiary/aromatic N) is 1. The number of rotatable bonds is 3. The summed E-state index contributed by atoms with van der Waals surface area (Å²) in [4.78, 5) is 4.37. The Bertz CT molecular complexity index is 513. The van der Waals surface area contributed by atoms with Gasteiger partial charge in [-0.1, -0.05) is 0 Å². The number of nitrogen functional groups attached to an aromatic ring is 1. The molecule has 1 aliphatic carbocycles. The van der Waals surface area contributed by atoms with Crippen LogP contribution in [0.1, 0.15) is 40.5 Å². The van der Waals surface area contributed by atoms with E-state index in [4.69, 9.17) is 19.8 Å². The van der Waals surface area contributed by atoms with E-state index < -0.39 is 18.3 Å². The van der Waals surface area contributed by atoms with Crippen LogP contribution in [0.25, 0.3) is 0 Å². The van der Waals surface area contributed by atoms with Crippen LogP contribution in [0.2, 0.25) is 0 Å². The van der Waals surface area contributed by atoms with Crippen molar-refractivity contribution in [3.05, 3.63) is 12.1 Å². The van der Waals surface area contributed by atoms with Crippen LogP contribution in [0, 0.1) is 0 Å². The molecule has 0 spiro atoms. The molecule has 1 aromatic heterocycles. The molecule has 2 heterocycles. The molecule has 5 nitrogen and oxygen atoms in total. The maximum absolute atomic E-state index is 6.03. The fourth-order valence-corrected chi connectivity index (χ4v) is 2.07. The summed E-state index contributed by atoms with van der Waals surface area (Å²) in [5.74, 6) is 1.15. The Hall–Kier alpha value is -1.27. The lowest BCUT2D eigenvalue weighted by Gasteiger charge is -2.32. The smallest absolute Gasteiger partial charge is 0.489 e. The predicted molar refractivity (Wildman–Crippen MR) is 78.0 cm³/mol. The number of nitrogens with two attached hydrogens (primary N) is 1. The van der Waals surface area contributed by atoms with E-state index in [2.05, 4.69) is 4.98 Å². The predicted octanol–water partition coefficient (Wildman–Crippen LogP) is 1.50. The largest absolute Gasteiger partial charge is 0.518 e. The summed E-state index contributed by atoms with van der Waals surface area (Å²) in [7, 11) is -0.544. The quantitative estimate of drug-likeness (QED) is 0.847. The van der Waals surface area contributed by atoms with Crippen molar-refractivity contribution in [1.82, 2.24) is 4.98 Å². The number of anilines is 1. The molecule has 2 aliphatic rings. The van der Waals surface area contributed by atoms with Crippen molar-refractivity contribution in [1.29, 1.82) is 0 Å². The van der Waals surface area contributed by atoms with Crippen molar-refractivity contribution >= 4 is 18.5 Å². The van der Waals surface area contributed by atoms with E-state index >= 15 is 0 Å². The zero-order valence-corrected chi connectivity index (χ0v) is 12.5. The lowest BCUT2D eigenvalue weighted by Crippen LogP contribution is -2.41. The fourth-order valence-electron chi connectivity index (χ4n) is 2.07. The van der Waals surface area contributed by atoms with Gasteiger partial charge < -0.3 is 19.8 Å². The van der Waals surface area contributed by atoms with E-state index in [1.54, 1.807) is 6.07 Å². The Morgan fingerprint density at radius 3 is 2.35 bits per heavy atom. The molecular weight excluding hydrogens is 255 g/mol. The van der Waals surface area contributed by atoms with E-state index in [-0.39, 0.29) is 0 Å². The third-order valence-corrected chi connectivity index (χ3v) is 4.20. The van der Waals surface area contributed by atoms with Crippen LogP contribution in [0.4, 0.5) is 5.82 Å². The van der Waals surface area contributed by atoms with Crippen LogP contribution in [0.5, 0.6) is 5.75 Å². The molecule has 0 radical (unpaired) electrons. The van der Waals surface area contributed by atoms with Crippen LogP contribution in [0.3, 0.4) is 0 Å².